The molecule has 0 radical (unpaired) electrons. The van der Waals surface area contributed by atoms with E-state index in [0.717, 1.165) is 24.2 Å². The summed E-state index contributed by atoms with van der Waals surface area (Å²) in [5.74, 6) is -0.878. The molecule has 22 heavy (non-hydrogen) atoms. The zero-order chi connectivity index (χ0) is 15.7. The summed E-state index contributed by atoms with van der Waals surface area (Å²) in [6.07, 6.45) is 3.53. The third-order valence-electron chi connectivity index (χ3n) is 3.88. The summed E-state index contributed by atoms with van der Waals surface area (Å²) in [7, 11) is 0. The van der Waals surface area contributed by atoms with Gasteiger partial charge in [0.1, 0.15) is 19.5 Å². The fourth-order valence-electron chi connectivity index (χ4n) is 2.71. The fourth-order valence-corrected chi connectivity index (χ4v) is 2.71. The minimum atomic E-state index is -0.677. The molecule has 0 atom stereocenters. The Morgan fingerprint density at radius 1 is 1.32 bits per heavy atom. The van der Waals surface area contributed by atoms with Crippen LogP contribution < -0.4 is 0 Å². The van der Waals surface area contributed by atoms with Gasteiger partial charge >= 0.3 is 5.97 Å². The van der Waals surface area contributed by atoms with Crippen LogP contribution in [0.25, 0.3) is 0 Å². The maximum absolute atomic E-state index is 12.3. The van der Waals surface area contributed by atoms with Crippen LogP contribution in [0.4, 0.5) is 0 Å². The second-order valence-corrected chi connectivity index (χ2v) is 5.59. The SMILES string of the molecule is Cc1cc(C(=O)COC(=O)C2=COCCO2)c(C)n1C1CC1. The molecule has 1 saturated carbocycles. The molecule has 6 heteroatoms. The molecule has 1 aliphatic heterocycles. The summed E-state index contributed by atoms with van der Waals surface area (Å²) in [6, 6.07) is 2.38. The number of carbonyl (C=O) groups excluding carboxylic acids is 2. The Kier molecular flexibility index (Phi) is 3.92. The Hall–Kier alpha value is -2.24. The molecule has 3 rings (SSSR count). The monoisotopic (exact) mass is 305 g/mol. The van der Waals surface area contributed by atoms with Crippen LogP contribution in [0.3, 0.4) is 0 Å². The first-order valence-electron chi connectivity index (χ1n) is 7.41. The van der Waals surface area contributed by atoms with Crippen molar-refractivity contribution in [3.63, 3.8) is 0 Å². The number of Topliss-reactive ketones (excluding diaryl/α,β-unsaturated/α-hetero) is 1. The lowest BCUT2D eigenvalue weighted by atomic mass is 10.1. The van der Waals surface area contributed by atoms with Crippen LogP contribution in [0.2, 0.25) is 0 Å². The normalized spacial score (nSPS) is 17.3. The van der Waals surface area contributed by atoms with Crippen molar-refractivity contribution in [2.24, 2.45) is 0 Å². The highest BCUT2D eigenvalue weighted by Crippen LogP contribution is 2.38. The second kappa shape index (κ2) is 5.87. The number of esters is 1. The fraction of sp³-hybridized carbons (Fsp3) is 0.500. The Morgan fingerprint density at radius 2 is 2.09 bits per heavy atom. The molecule has 0 amide bonds. The van der Waals surface area contributed by atoms with E-state index < -0.39 is 5.97 Å². The van der Waals surface area contributed by atoms with Crippen LogP contribution >= 0.6 is 0 Å². The van der Waals surface area contributed by atoms with Crippen molar-refractivity contribution < 1.29 is 23.8 Å². The van der Waals surface area contributed by atoms with E-state index in [1.807, 2.05) is 19.9 Å². The third kappa shape index (κ3) is 2.86. The van der Waals surface area contributed by atoms with Gasteiger partial charge in [-0.1, -0.05) is 0 Å². The van der Waals surface area contributed by atoms with Gasteiger partial charge in [0.05, 0.1) is 0 Å². The summed E-state index contributed by atoms with van der Waals surface area (Å²) < 4.78 is 17.3. The zero-order valence-electron chi connectivity index (χ0n) is 12.8. The molecule has 1 aliphatic carbocycles. The summed E-state index contributed by atoms with van der Waals surface area (Å²) in [6.45, 7) is 4.34. The van der Waals surface area contributed by atoms with Crippen LogP contribution in [0.1, 0.15) is 40.6 Å². The van der Waals surface area contributed by atoms with Crippen LogP contribution in [0.15, 0.2) is 18.1 Å². The van der Waals surface area contributed by atoms with Crippen molar-refractivity contribution >= 4 is 11.8 Å². The highest BCUT2D eigenvalue weighted by molar-refractivity contribution is 6.00. The molecular formula is C16H19NO5. The smallest absolute Gasteiger partial charge is 0.377 e. The number of ether oxygens (including phenoxy) is 3. The lowest BCUT2D eigenvalue weighted by Crippen LogP contribution is -2.20. The molecule has 6 nitrogen and oxygen atoms in total. The molecule has 118 valence electrons. The van der Waals surface area contributed by atoms with Gasteiger partial charge in [0.2, 0.25) is 11.5 Å². The number of carbonyl (C=O) groups is 2. The predicted octanol–water partition coefficient (Wildman–Crippen LogP) is 2.05. The number of ketones is 1. The number of nitrogens with zero attached hydrogens (tertiary/aromatic N) is 1. The van der Waals surface area contributed by atoms with Crippen LogP contribution in [0, 0.1) is 13.8 Å². The molecule has 2 heterocycles. The number of aromatic nitrogens is 1. The van der Waals surface area contributed by atoms with E-state index in [9.17, 15) is 9.59 Å². The van der Waals surface area contributed by atoms with Crippen LogP contribution in [0.5, 0.6) is 0 Å². The van der Waals surface area contributed by atoms with Crippen molar-refractivity contribution in [3.8, 4) is 0 Å². The minimum absolute atomic E-state index is 0.00232. The van der Waals surface area contributed by atoms with Gasteiger partial charge in [0.15, 0.2) is 6.61 Å². The van der Waals surface area contributed by atoms with Crippen LogP contribution in [-0.4, -0.2) is 36.1 Å². The lowest BCUT2D eigenvalue weighted by molar-refractivity contribution is -0.143. The van der Waals surface area contributed by atoms with E-state index in [1.165, 1.54) is 6.26 Å². The van der Waals surface area contributed by atoms with Crippen molar-refractivity contribution in [1.82, 2.24) is 4.57 Å². The van der Waals surface area contributed by atoms with E-state index >= 15 is 0 Å². The highest BCUT2D eigenvalue weighted by atomic mass is 16.6. The van der Waals surface area contributed by atoms with Gasteiger partial charge in [-0.3, -0.25) is 4.79 Å². The zero-order valence-corrected chi connectivity index (χ0v) is 12.8. The Balaban J connectivity index is 1.63. The Bertz CT molecular complexity index is 639. The first-order valence-corrected chi connectivity index (χ1v) is 7.41. The van der Waals surface area contributed by atoms with Gasteiger partial charge in [-0.2, -0.15) is 0 Å². The summed E-state index contributed by atoms with van der Waals surface area (Å²) in [5, 5.41) is 0. The third-order valence-corrected chi connectivity index (χ3v) is 3.88. The predicted molar refractivity (Wildman–Crippen MR) is 77.5 cm³/mol. The quantitative estimate of drug-likeness (QED) is 0.615. The van der Waals surface area contributed by atoms with Crippen LogP contribution in [-0.2, 0) is 19.0 Å². The minimum Gasteiger partial charge on any atom is -0.493 e. The van der Waals surface area contributed by atoms with E-state index in [4.69, 9.17) is 14.2 Å². The lowest BCUT2D eigenvalue weighted by Gasteiger charge is -2.14. The summed E-state index contributed by atoms with van der Waals surface area (Å²) >= 11 is 0. The molecule has 0 spiro atoms. The maximum atomic E-state index is 12.3. The van der Waals surface area contributed by atoms with Gasteiger partial charge in [-0.05, 0) is 32.8 Å². The molecule has 2 aliphatic rings. The van der Waals surface area contributed by atoms with Crippen molar-refractivity contribution in [3.05, 3.63) is 35.0 Å². The molecule has 1 aromatic rings. The maximum Gasteiger partial charge on any atom is 0.377 e. The number of hydrogen-bond acceptors (Lipinski definition) is 5. The first-order chi connectivity index (χ1) is 10.6. The molecule has 1 fully saturated rings. The Morgan fingerprint density at radius 3 is 2.73 bits per heavy atom. The number of hydrogen-bond donors (Lipinski definition) is 0. The molecular weight excluding hydrogens is 286 g/mol. The van der Waals surface area contributed by atoms with Gasteiger partial charge in [-0.25, -0.2) is 4.79 Å². The Labute approximate surface area is 128 Å². The number of aryl methyl sites for hydroxylation is 1. The molecule has 0 N–H and O–H groups in total. The van der Waals surface area contributed by atoms with Gasteiger partial charge < -0.3 is 18.8 Å². The van der Waals surface area contributed by atoms with Crippen molar-refractivity contribution in [1.29, 1.82) is 0 Å². The van der Waals surface area contributed by atoms with E-state index in [0.29, 0.717) is 24.8 Å². The van der Waals surface area contributed by atoms with Crippen molar-refractivity contribution in [2.75, 3.05) is 19.8 Å². The standard InChI is InChI=1S/C16H19NO5/c1-10-7-13(11(2)17(10)12-3-4-12)14(18)8-22-16(19)15-9-20-5-6-21-15/h7,9,12H,3-6,8H2,1-2H3. The number of rotatable bonds is 5. The average molecular weight is 305 g/mol. The van der Waals surface area contributed by atoms with Gasteiger partial charge in [-0.15, -0.1) is 0 Å². The van der Waals surface area contributed by atoms with E-state index in [-0.39, 0.29) is 18.1 Å². The van der Waals surface area contributed by atoms with E-state index in [1.54, 1.807) is 0 Å². The highest BCUT2D eigenvalue weighted by Gasteiger charge is 2.28. The summed E-state index contributed by atoms with van der Waals surface area (Å²) in [4.78, 5) is 24.0. The molecule has 0 bridgehead atoms. The first kappa shape index (κ1) is 14.7. The van der Waals surface area contributed by atoms with Crippen molar-refractivity contribution in [2.45, 2.75) is 32.7 Å². The van der Waals surface area contributed by atoms with Gasteiger partial charge in [0.25, 0.3) is 0 Å². The molecule has 0 aromatic carbocycles. The summed E-state index contributed by atoms with van der Waals surface area (Å²) in [5.41, 5.74) is 2.63. The topological polar surface area (TPSA) is 66.8 Å². The van der Waals surface area contributed by atoms with Gasteiger partial charge in [0, 0.05) is 23.0 Å². The molecule has 0 saturated heterocycles. The molecule has 0 unspecified atom stereocenters. The second-order valence-electron chi connectivity index (χ2n) is 5.59. The average Bonchev–Trinajstić information content (AvgIpc) is 3.31. The molecule has 1 aromatic heterocycles. The van der Waals surface area contributed by atoms with E-state index in [2.05, 4.69) is 4.57 Å². The largest absolute Gasteiger partial charge is 0.493 e.